The SMILES string of the molecule is CC(C)(C)SCC(=O)NCc1ccnc(-n2cccn2)c1. The van der Waals surface area contributed by atoms with E-state index in [1.165, 1.54) is 0 Å². The van der Waals surface area contributed by atoms with Gasteiger partial charge in [0, 0.05) is 29.9 Å². The lowest BCUT2D eigenvalue weighted by Crippen LogP contribution is -2.26. The van der Waals surface area contributed by atoms with Gasteiger partial charge in [-0.05, 0) is 23.8 Å². The number of aromatic nitrogens is 3. The molecule has 0 unspecified atom stereocenters. The molecule has 0 spiro atoms. The number of pyridine rings is 1. The minimum atomic E-state index is 0.0485. The summed E-state index contributed by atoms with van der Waals surface area (Å²) in [5, 5.41) is 7.07. The van der Waals surface area contributed by atoms with Crippen LogP contribution in [0.25, 0.3) is 5.82 Å². The first-order valence-corrected chi connectivity index (χ1v) is 7.78. The number of nitrogens with one attached hydrogen (secondary N) is 1. The molecule has 1 amide bonds. The van der Waals surface area contributed by atoms with Crippen LogP contribution in [0.1, 0.15) is 26.3 Å². The van der Waals surface area contributed by atoms with E-state index >= 15 is 0 Å². The second kappa shape index (κ2) is 6.76. The van der Waals surface area contributed by atoms with Gasteiger partial charge >= 0.3 is 0 Å². The first kappa shape index (κ1) is 15.6. The summed E-state index contributed by atoms with van der Waals surface area (Å²) in [7, 11) is 0. The van der Waals surface area contributed by atoms with E-state index in [-0.39, 0.29) is 10.7 Å². The van der Waals surface area contributed by atoms with Crippen molar-refractivity contribution < 1.29 is 4.79 Å². The highest BCUT2D eigenvalue weighted by atomic mass is 32.2. The molecule has 0 atom stereocenters. The topological polar surface area (TPSA) is 59.8 Å². The van der Waals surface area contributed by atoms with Gasteiger partial charge in [0.1, 0.15) is 0 Å². The van der Waals surface area contributed by atoms with Crippen molar-refractivity contribution in [3.63, 3.8) is 0 Å². The molecule has 0 fully saturated rings. The lowest BCUT2D eigenvalue weighted by atomic mass is 10.2. The number of hydrogen-bond acceptors (Lipinski definition) is 4. The Morgan fingerprint density at radius 3 is 2.86 bits per heavy atom. The van der Waals surface area contributed by atoms with Crippen LogP contribution < -0.4 is 5.32 Å². The van der Waals surface area contributed by atoms with Crippen molar-refractivity contribution in [3.05, 3.63) is 42.4 Å². The summed E-state index contributed by atoms with van der Waals surface area (Å²) in [6.45, 7) is 6.80. The first-order valence-electron chi connectivity index (χ1n) is 6.80. The monoisotopic (exact) mass is 304 g/mol. The van der Waals surface area contributed by atoms with Crippen LogP contribution in [-0.2, 0) is 11.3 Å². The Kier molecular flexibility index (Phi) is 5.01. The average molecular weight is 304 g/mol. The maximum atomic E-state index is 11.8. The summed E-state index contributed by atoms with van der Waals surface area (Å²) in [6, 6.07) is 5.66. The van der Waals surface area contributed by atoms with Gasteiger partial charge in [-0.15, -0.1) is 11.8 Å². The zero-order chi connectivity index (χ0) is 15.3. The van der Waals surface area contributed by atoms with Crippen molar-refractivity contribution in [1.29, 1.82) is 0 Å². The van der Waals surface area contributed by atoms with Crippen LogP contribution >= 0.6 is 11.8 Å². The predicted octanol–water partition coefficient (Wildman–Crippen LogP) is 2.42. The number of thioether (sulfide) groups is 1. The second-order valence-corrected chi connectivity index (χ2v) is 7.45. The molecule has 21 heavy (non-hydrogen) atoms. The lowest BCUT2D eigenvalue weighted by molar-refractivity contribution is -0.118. The fraction of sp³-hybridized carbons (Fsp3) is 0.400. The zero-order valence-electron chi connectivity index (χ0n) is 12.5. The van der Waals surface area contributed by atoms with Crippen molar-refractivity contribution in [1.82, 2.24) is 20.1 Å². The predicted molar refractivity (Wildman–Crippen MR) is 85.4 cm³/mol. The molecule has 1 N–H and O–H groups in total. The Labute approximate surface area is 129 Å². The third kappa shape index (κ3) is 5.23. The van der Waals surface area contributed by atoms with Gasteiger partial charge in [0.15, 0.2) is 5.82 Å². The minimum Gasteiger partial charge on any atom is -0.351 e. The van der Waals surface area contributed by atoms with Gasteiger partial charge in [-0.1, -0.05) is 20.8 Å². The van der Waals surface area contributed by atoms with Crippen LogP contribution in [0.2, 0.25) is 0 Å². The summed E-state index contributed by atoms with van der Waals surface area (Å²) in [5.41, 5.74) is 1.00. The third-order valence-electron chi connectivity index (χ3n) is 2.68. The van der Waals surface area contributed by atoms with E-state index in [1.54, 1.807) is 28.8 Å². The molecule has 2 heterocycles. The molecule has 0 aromatic carbocycles. The number of carbonyl (C=O) groups is 1. The average Bonchev–Trinajstić information content (AvgIpc) is 2.96. The Morgan fingerprint density at radius 2 is 2.19 bits per heavy atom. The van der Waals surface area contributed by atoms with Crippen LogP contribution in [0.4, 0.5) is 0 Å². The summed E-state index contributed by atoms with van der Waals surface area (Å²) in [4.78, 5) is 16.1. The maximum Gasteiger partial charge on any atom is 0.230 e. The van der Waals surface area contributed by atoms with Crippen molar-refractivity contribution in [2.75, 3.05) is 5.75 Å². The quantitative estimate of drug-likeness (QED) is 0.921. The van der Waals surface area contributed by atoms with Crippen molar-refractivity contribution in [2.45, 2.75) is 32.1 Å². The molecule has 5 nitrogen and oxygen atoms in total. The van der Waals surface area contributed by atoms with Gasteiger partial charge in [0.05, 0.1) is 5.75 Å². The molecule has 0 saturated carbocycles. The molecule has 2 rings (SSSR count). The molecule has 2 aromatic heterocycles. The zero-order valence-corrected chi connectivity index (χ0v) is 13.4. The van der Waals surface area contributed by atoms with Gasteiger partial charge in [-0.3, -0.25) is 4.79 Å². The number of amides is 1. The van der Waals surface area contributed by atoms with Gasteiger partial charge < -0.3 is 5.32 Å². The fourth-order valence-corrected chi connectivity index (χ4v) is 2.30. The van der Waals surface area contributed by atoms with Gasteiger partial charge in [0.2, 0.25) is 5.91 Å². The fourth-order valence-electron chi connectivity index (χ4n) is 1.63. The van der Waals surface area contributed by atoms with Gasteiger partial charge in [0.25, 0.3) is 0 Å². The number of hydrogen-bond donors (Lipinski definition) is 1. The van der Waals surface area contributed by atoms with E-state index < -0.39 is 0 Å². The molecule has 0 aliphatic carbocycles. The summed E-state index contributed by atoms with van der Waals surface area (Å²) in [5.74, 6) is 1.27. The highest BCUT2D eigenvalue weighted by Gasteiger charge is 2.13. The second-order valence-electron chi connectivity index (χ2n) is 5.65. The first-order chi connectivity index (χ1) is 9.94. The van der Waals surface area contributed by atoms with Crippen molar-refractivity contribution >= 4 is 17.7 Å². The van der Waals surface area contributed by atoms with Crippen LogP contribution in [0.15, 0.2) is 36.8 Å². The Bertz CT molecular complexity index is 590. The highest BCUT2D eigenvalue weighted by molar-refractivity contribution is 8.01. The van der Waals surface area contributed by atoms with E-state index in [4.69, 9.17) is 0 Å². The standard InChI is InChI=1S/C15H20N4OS/c1-15(2,3)21-11-14(20)17-10-12-5-7-16-13(9-12)19-8-4-6-18-19/h4-9H,10-11H2,1-3H3,(H,17,20). The smallest absolute Gasteiger partial charge is 0.230 e. The largest absolute Gasteiger partial charge is 0.351 e. The Balaban J connectivity index is 1.89. The summed E-state index contributed by atoms with van der Waals surface area (Å²) < 4.78 is 1.79. The van der Waals surface area contributed by atoms with Gasteiger partial charge in [-0.25, -0.2) is 9.67 Å². The molecular formula is C15H20N4OS. The number of carbonyl (C=O) groups excluding carboxylic acids is 1. The summed E-state index contributed by atoms with van der Waals surface area (Å²) >= 11 is 1.64. The Morgan fingerprint density at radius 1 is 1.38 bits per heavy atom. The van der Waals surface area contributed by atoms with Gasteiger partial charge in [-0.2, -0.15) is 5.10 Å². The normalized spacial score (nSPS) is 11.4. The number of rotatable bonds is 5. The Hall–Kier alpha value is -1.82. The molecule has 2 aromatic rings. The molecule has 0 saturated heterocycles. The van der Waals surface area contributed by atoms with Crippen LogP contribution in [0.5, 0.6) is 0 Å². The van der Waals surface area contributed by atoms with Crippen molar-refractivity contribution in [2.24, 2.45) is 0 Å². The van der Waals surface area contributed by atoms with Crippen molar-refractivity contribution in [3.8, 4) is 5.82 Å². The molecule has 0 aliphatic rings. The molecule has 0 aliphatic heterocycles. The molecule has 0 radical (unpaired) electrons. The molecule has 0 bridgehead atoms. The van der Waals surface area contributed by atoms with E-state index in [9.17, 15) is 4.79 Å². The minimum absolute atomic E-state index is 0.0485. The van der Waals surface area contributed by atoms with Crippen LogP contribution in [0.3, 0.4) is 0 Å². The van der Waals surface area contributed by atoms with Crippen LogP contribution in [0, 0.1) is 0 Å². The molecule has 6 heteroatoms. The van der Waals surface area contributed by atoms with Crippen LogP contribution in [-0.4, -0.2) is 31.2 Å². The maximum absolute atomic E-state index is 11.8. The number of nitrogens with zero attached hydrogens (tertiary/aromatic N) is 3. The van der Waals surface area contributed by atoms with E-state index in [1.807, 2.05) is 24.4 Å². The highest BCUT2D eigenvalue weighted by Crippen LogP contribution is 2.22. The lowest BCUT2D eigenvalue weighted by Gasteiger charge is -2.17. The third-order valence-corrected chi connectivity index (χ3v) is 3.95. The van der Waals surface area contributed by atoms with E-state index in [2.05, 4.69) is 36.2 Å². The van der Waals surface area contributed by atoms with E-state index in [0.29, 0.717) is 12.3 Å². The molecule has 112 valence electrons. The summed E-state index contributed by atoms with van der Waals surface area (Å²) in [6.07, 6.45) is 5.27. The van der Waals surface area contributed by atoms with E-state index in [0.717, 1.165) is 11.4 Å². The molecular weight excluding hydrogens is 284 g/mol.